The predicted molar refractivity (Wildman–Crippen MR) is 116 cm³/mol. The summed E-state index contributed by atoms with van der Waals surface area (Å²) >= 11 is 6.06. The van der Waals surface area contributed by atoms with Crippen LogP contribution in [0.2, 0.25) is 5.02 Å². The number of hydrogen-bond donors (Lipinski definition) is 2. The average Bonchev–Trinajstić information content (AvgIpc) is 2.69. The van der Waals surface area contributed by atoms with E-state index in [2.05, 4.69) is 9.62 Å². The van der Waals surface area contributed by atoms with Crippen LogP contribution in [-0.2, 0) is 23.0 Å². The Morgan fingerprint density at radius 2 is 1.90 bits per heavy atom. The van der Waals surface area contributed by atoms with E-state index < -0.39 is 10.0 Å². The smallest absolute Gasteiger partial charge is 0.299 e. The predicted octanol–water partition coefficient (Wildman–Crippen LogP) is 3.87. The molecule has 0 saturated heterocycles. The van der Waals surface area contributed by atoms with E-state index in [1.54, 1.807) is 38.1 Å². The number of hydrogen-bond acceptors (Lipinski definition) is 4. The normalized spacial score (nSPS) is 14.5. The lowest BCUT2D eigenvalue weighted by molar-refractivity contribution is -0.729. The summed E-state index contributed by atoms with van der Waals surface area (Å²) in [6, 6.07) is 8.51. The van der Waals surface area contributed by atoms with Crippen LogP contribution in [0.25, 0.3) is 0 Å². The van der Waals surface area contributed by atoms with Crippen molar-refractivity contribution < 1.29 is 18.5 Å². The topological polar surface area (TPSA) is 89.7 Å². The maximum Gasteiger partial charge on any atom is 0.316 e. The summed E-state index contributed by atoms with van der Waals surface area (Å²) in [6.07, 6.45) is 2.46. The zero-order valence-corrected chi connectivity index (χ0v) is 18.8. The maximum absolute atomic E-state index is 12.6. The largest absolute Gasteiger partial charge is 0.316 e. The van der Waals surface area contributed by atoms with Crippen molar-refractivity contribution in [3.63, 3.8) is 0 Å². The van der Waals surface area contributed by atoms with Gasteiger partial charge in [-0.2, -0.15) is 0 Å². The number of benzene rings is 2. The molecule has 0 aliphatic carbocycles. The molecule has 0 amide bonds. The van der Waals surface area contributed by atoms with Gasteiger partial charge in [0.2, 0.25) is 10.0 Å². The third-order valence-electron chi connectivity index (χ3n) is 5.44. The first-order chi connectivity index (χ1) is 14.2. The fourth-order valence-electron chi connectivity index (χ4n) is 3.70. The van der Waals surface area contributed by atoms with Gasteiger partial charge in [-0.05, 0) is 74.0 Å². The molecule has 7 nitrogen and oxygen atoms in total. The minimum absolute atomic E-state index is 0.116. The second-order valence-corrected chi connectivity index (χ2v) is 9.87. The van der Waals surface area contributed by atoms with E-state index in [9.17, 15) is 13.3 Å². The van der Waals surface area contributed by atoms with Gasteiger partial charge in [-0.15, -0.1) is 0 Å². The van der Waals surface area contributed by atoms with Crippen molar-refractivity contribution in [2.45, 2.75) is 44.6 Å². The van der Waals surface area contributed by atoms with Crippen LogP contribution in [0, 0.1) is 18.8 Å². The molecule has 1 aliphatic heterocycles. The van der Waals surface area contributed by atoms with Gasteiger partial charge in [-0.1, -0.05) is 17.7 Å². The van der Waals surface area contributed by atoms with E-state index in [0.29, 0.717) is 23.7 Å². The molecule has 0 unspecified atom stereocenters. The number of fused-ring (bicyclic) bond motifs is 1. The quantitative estimate of drug-likeness (QED) is 0.468. The number of aryl methyl sites for hydroxylation is 2. The Bertz CT molecular complexity index is 1060. The molecule has 0 atom stereocenters. The lowest BCUT2D eigenvalue weighted by atomic mass is 9.99. The Morgan fingerprint density at radius 1 is 1.13 bits per heavy atom. The van der Waals surface area contributed by atoms with Gasteiger partial charge < -0.3 is 0 Å². The first-order valence-electron chi connectivity index (χ1n) is 9.94. The molecule has 1 aliphatic rings. The molecule has 0 saturated carbocycles. The van der Waals surface area contributed by atoms with E-state index in [1.807, 2.05) is 6.07 Å². The van der Waals surface area contributed by atoms with Crippen molar-refractivity contribution in [1.82, 2.24) is 9.62 Å². The molecule has 162 valence electrons. The first-order valence-corrected chi connectivity index (χ1v) is 11.8. The second kappa shape index (κ2) is 9.43. The lowest BCUT2D eigenvalue weighted by Gasteiger charge is -2.28. The molecule has 2 N–H and O–H groups in total. The van der Waals surface area contributed by atoms with Crippen molar-refractivity contribution in [2.75, 3.05) is 19.6 Å². The van der Waals surface area contributed by atoms with Gasteiger partial charge in [-0.3, -0.25) is 4.90 Å². The third kappa shape index (κ3) is 5.37. The zero-order chi connectivity index (χ0) is 21.9. The molecule has 3 rings (SSSR count). The van der Waals surface area contributed by atoms with E-state index >= 15 is 0 Å². The number of halogens is 1. The first kappa shape index (κ1) is 22.7. The highest BCUT2D eigenvalue weighted by Gasteiger charge is 2.21. The van der Waals surface area contributed by atoms with Crippen molar-refractivity contribution in [3.05, 3.63) is 62.5 Å². The maximum atomic E-state index is 12.6. The van der Waals surface area contributed by atoms with Crippen molar-refractivity contribution in [2.24, 2.45) is 0 Å². The average molecular weight is 453 g/mol. The zero-order valence-electron chi connectivity index (χ0n) is 17.2. The van der Waals surface area contributed by atoms with Gasteiger partial charge in [0, 0.05) is 36.8 Å². The van der Waals surface area contributed by atoms with E-state index in [-0.39, 0.29) is 15.5 Å². The van der Waals surface area contributed by atoms with Crippen LogP contribution in [0.3, 0.4) is 0 Å². The van der Waals surface area contributed by atoms with Gasteiger partial charge in [0.05, 0.1) is 9.80 Å². The SMILES string of the molecule is Cc1cc(S(=O)(=O)NCCCCN2CCc3ccc([N+](=O)O)cc3C2)c(C)cc1Cl. The minimum atomic E-state index is -3.57. The van der Waals surface area contributed by atoms with Crippen molar-refractivity contribution in [1.29, 1.82) is 0 Å². The highest BCUT2D eigenvalue weighted by molar-refractivity contribution is 7.89. The Hall–Kier alpha value is -2.00. The number of rotatable bonds is 8. The Labute approximate surface area is 182 Å². The number of unbranched alkanes of at least 4 members (excludes halogenated alkanes) is 1. The molecular weight excluding hydrogens is 426 g/mol. The standard InChI is InChI=1S/C21H27ClN3O4S/c1-15-12-21(16(2)11-20(15)22)30(28,29)23-8-3-4-9-24-10-7-17-5-6-19(25(26)27)13-18(17)14-24/h5-6,11-13,23H,3-4,7-10,14H2,1-2H3,(H,26,27)/q+1. The minimum Gasteiger partial charge on any atom is -0.299 e. The summed E-state index contributed by atoms with van der Waals surface area (Å²) in [6.45, 7) is 6.36. The van der Waals surface area contributed by atoms with Crippen molar-refractivity contribution in [3.8, 4) is 0 Å². The number of nitrogens with zero attached hydrogens (tertiary/aromatic N) is 2. The fraction of sp³-hybridized carbons (Fsp3) is 0.429. The van der Waals surface area contributed by atoms with E-state index in [0.717, 1.165) is 43.5 Å². The van der Waals surface area contributed by atoms with E-state index in [4.69, 9.17) is 16.8 Å². The molecule has 0 fully saturated rings. The van der Waals surface area contributed by atoms with Gasteiger partial charge in [0.15, 0.2) is 0 Å². The van der Waals surface area contributed by atoms with Crippen molar-refractivity contribution >= 4 is 27.3 Å². The number of nitrogens with one attached hydrogen (secondary N) is 1. The molecule has 2 aromatic rings. The van der Waals surface area contributed by atoms with Crippen LogP contribution in [-0.4, -0.2) is 43.1 Å². The highest BCUT2D eigenvalue weighted by Crippen LogP contribution is 2.25. The summed E-state index contributed by atoms with van der Waals surface area (Å²) in [5.74, 6) is 0. The molecule has 9 heteroatoms. The lowest BCUT2D eigenvalue weighted by Crippen LogP contribution is -2.32. The Balaban J connectivity index is 1.48. The molecule has 1 heterocycles. The van der Waals surface area contributed by atoms with Crippen LogP contribution >= 0.6 is 11.6 Å². The van der Waals surface area contributed by atoms with Gasteiger partial charge in [0.1, 0.15) is 0 Å². The monoisotopic (exact) mass is 452 g/mol. The summed E-state index contributed by atoms with van der Waals surface area (Å²) in [5, 5.41) is 9.65. The van der Waals surface area contributed by atoms with Crippen LogP contribution < -0.4 is 4.72 Å². The van der Waals surface area contributed by atoms with Crippen LogP contribution in [0.5, 0.6) is 0 Å². The summed E-state index contributed by atoms with van der Waals surface area (Å²) in [4.78, 5) is 13.5. The molecule has 0 bridgehead atoms. The van der Waals surface area contributed by atoms with Gasteiger partial charge >= 0.3 is 5.69 Å². The van der Waals surface area contributed by atoms with Crippen LogP contribution in [0.15, 0.2) is 35.2 Å². The summed E-state index contributed by atoms with van der Waals surface area (Å²) in [7, 11) is -3.57. The molecule has 2 aromatic carbocycles. The Morgan fingerprint density at radius 3 is 2.63 bits per heavy atom. The molecule has 0 aromatic heterocycles. The number of sulfonamides is 1. The van der Waals surface area contributed by atoms with E-state index in [1.165, 1.54) is 5.56 Å². The fourth-order valence-corrected chi connectivity index (χ4v) is 5.30. The third-order valence-corrected chi connectivity index (χ3v) is 7.45. The molecule has 0 radical (unpaired) electrons. The Kier molecular flexibility index (Phi) is 7.13. The molecule has 30 heavy (non-hydrogen) atoms. The van der Waals surface area contributed by atoms with Gasteiger partial charge in [-0.25, -0.2) is 18.3 Å². The summed E-state index contributed by atoms with van der Waals surface area (Å²) in [5.41, 5.74) is 3.83. The van der Waals surface area contributed by atoms with Gasteiger partial charge in [0.25, 0.3) is 4.92 Å². The highest BCUT2D eigenvalue weighted by atomic mass is 35.5. The summed E-state index contributed by atoms with van der Waals surface area (Å²) < 4.78 is 27.9. The van der Waals surface area contributed by atoms with Crippen LogP contribution in [0.1, 0.15) is 35.1 Å². The van der Waals surface area contributed by atoms with Crippen LogP contribution in [0.4, 0.5) is 5.69 Å². The molecular formula is C21H27ClN3O4S+. The molecule has 0 spiro atoms. The second-order valence-electron chi connectivity index (χ2n) is 7.72.